The molecule has 4 nitrogen and oxygen atoms in total. The van der Waals surface area contributed by atoms with Gasteiger partial charge in [0.1, 0.15) is 5.75 Å². The van der Waals surface area contributed by atoms with Crippen molar-refractivity contribution < 1.29 is 15.0 Å². The van der Waals surface area contributed by atoms with E-state index in [1.165, 1.54) is 0 Å². The van der Waals surface area contributed by atoms with Gasteiger partial charge in [-0.1, -0.05) is 19.1 Å². The van der Waals surface area contributed by atoms with Crippen LogP contribution in [-0.2, 0) is 4.79 Å². The maximum absolute atomic E-state index is 10.8. The molecule has 1 aromatic rings. The summed E-state index contributed by atoms with van der Waals surface area (Å²) in [5.74, 6) is -1.04. The number of aromatic hydroxyl groups is 1. The SMILES string of the molecule is CC(CC(CN)C(=O)O)c1ccc(O)cc1. The summed E-state index contributed by atoms with van der Waals surface area (Å²) in [6.45, 7) is 2.11. The van der Waals surface area contributed by atoms with E-state index in [1.54, 1.807) is 24.3 Å². The molecule has 4 heteroatoms. The molecule has 88 valence electrons. The van der Waals surface area contributed by atoms with E-state index in [4.69, 9.17) is 15.9 Å². The van der Waals surface area contributed by atoms with Gasteiger partial charge in [-0.05, 0) is 30.0 Å². The van der Waals surface area contributed by atoms with Gasteiger partial charge in [0.05, 0.1) is 5.92 Å². The number of carboxylic acid groups (broad SMARTS) is 1. The molecule has 0 fully saturated rings. The third kappa shape index (κ3) is 3.24. The lowest BCUT2D eigenvalue weighted by Gasteiger charge is -2.16. The summed E-state index contributed by atoms with van der Waals surface area (Å²) in [6, 6.07) is 6.80. The normalized spacial score (nSPS) is 14.4. The molecule has 2 unspecified atom stereocenters. The number of phenols is 1. The second kappa shape index (κ2) is 5.51. The van der Waals surface area contributed by atoms with E-state index >= 15 is 0 Å². The summed E-state index contributed by atoms with van der Waals surface area (Å²) in [5.41, 5.74) is 6.41. The van der Waals surface area contributed by atoms with Crippen molar-refractivity contribution in [2.24, 2.45) is 11.7 Å². The summed E-state index contributed by atoms with van der Waals surface area (Å²) in [5, 5.41) is 18.0. The lowest BCUT2D eigenvalue weighted by molar-refractivity contribution is -0.141. The van der Waals surface area contributed by atoms with Crippen LogP contribution >= 0.6 is 0 Å². The van der Waals surface area contributed by atoms with Gasteiger partial charge in [-0.3, -0.25) is 4.79 Å². The average molecular weight is 223 g/mol. The largest absolute Gasteiger partial charge is 0.508 e. The van der Waals surface area contributed by atoms with E-state index in [0.29, 0.717) is 6.42 Å². The topological polar surface area (TPSA) is 83.6 Å². The van der Waals surface area contributed by atoms with Gasteiger partial charge in [0.2, 0.25) is 0 Å². The van der Waals surface area contributed by atoms with E-state index in [2.05, 4.69) is 0 Å². The first-order valence-electron chi connectivity index (χ1n) is 5.26. The summed E-state index contributed by atoms with van der Waals surface area (Å²) >= 11 is 0. The summed E-state index contributed by atoms with van der Waals surface area (Å²) in [7, 11) is 0. The Morgan fingerprint density at radius 2 is 1.94 bits per heavy atom. The van der Waals surface area contributed by atoms with Crippen molar-refractivity contribution in [3.05, 3.63) is 29.8 Å². The van der Waals surface area contributed by atoms with Gasteiger partial charge in [0.15, 0.2) is 0 Å². The number of hydrogen-bond donors (Lipinski definition) is 3. The lowest BCUT2D eigenvalue weighted by atomic mass is 9.90. The Bertz CT molecular complexity index is 348. The molecule has 0 aliphatic heterocycles. The minimum atomic E-state index is -0.854. The Labute approximate surface area is 94.7 Å². The number of aliphatic carboxylic acids is 1. The van der Waals surface area contributed by atoms with E-state index in [-0.39, 0.29) is 18.2 Å². The smallest absolute Gasteiger partial charge is 0.307 e. The molecular formula is C12H17NO3. The van der Waals surface area contributed by atoms with E-state index in [0.717, 1.165) is 5.56 Å². The highest BCUT2D eigenvalue weighted by atomic mass is 16.4. The number of benzene rings is 1. The van der Waals surface area contributed by atoms with Crippen LogP contribution in [-0.4, -0.2) is 22.7 Å². The third-order valence-electron chi connectivity index (χ3n) is 2.73. The zero-order chi connectivity index (χ0) is 12.1. The molecule has 1 aromatic carbocycles. The van der Waals surface area contributed by atoms with Crippen LogP contribution in [0.25, 0.3) is 0 Å². The first-order chi connectivity index (χ1) is 7.54. The molecule has 0 saturated heterocycles. The molecule has 0 amide bonds. The molecule has 0 heterocycles. The van der Waals surface area contributed by atoms with Crippen LogP contribution in [0.15, 0.2) is 24.3 Å². The van der Waals surface area contributed by atoms with E-state index < -0.39 is 11.9 Å². The fraction of sp³-hybridized carbons (Fsp3) is 0.417. The zero-order valence-corrected chi connectivity index (χ0v) is 9.26. The van der Waals surface area contributed by atoms with Crippen LogP contribution in [0.5, 0.6) is 5.75 Å². The fourth-order valence-corrected chi connectivity index (χ4v) is 1.66. The van der Waals surface area contributed by atoms with Gasteiger partial charge < -0.3 is 15.9 Å². The highest BCUT2D eigenvalue weighted by molar-refractivity contribution is 5.70. The first kappa shape index (κ1) is 12.5. The van der Waals surface area contributed by atoms with Gasteiger partial charge in [-0.25, -0.2) is 0 Å². The fourth-order valence-electron chi connectivity index (χ4n) is 1.66. The van der Waals surface area contributed by atoms with E-state index in [1.807, 2.05) is 6.92 Å². The number of phenolic OH excluding ortho intramolecular Hbond substituents is 1. The van der Waals surface area contributed by atoms with Crippen molar-refractivity contribution in [3.63, 3.8) is 0 Å². The minimum absolute atomic E-state index is 0.116. The Kier molecular flexibility index (Phi) is 4.31. The van der Waals surface area contributed by atoms with Crippen molar-refractivity contribution >= 4 is 5.97 Å². The molecule has 16 heavy (non-hydrogen) atoms. The predicted octanol–water partition coefficient (Wildman–Crippen LogP) is 1.55. The van der Waals surface area contributed by atoms with Gasteiger partial charge in [-0.2, -0.15) is 0 Å². The monoisotopic (exact) mass is 223 g/mol. The number of rotatable bonds is 5. The predicted molar refractivity (Wildman–Crippen MR) is 61.3 cm³/mol. The summed E-state index contributed by atoms with van der Waals surface area (Å²) in [6.07, 6.45) is 0.511. The Morgan fingerprint density at radius 1 is 1.38 bits per heavy atom. The van der Waals surface area contributed by atoms with Gasteiger partial charge in [-0.15, -0.1) is 0 Å². The molecule has 0 saturated carbocycles. The molecule has 0 radical (unpaired) electrons. The number of nitrogens with two attached hydrogens (primary N) is 1. The van der Waals surface area contributed by atoms with Crippen molar-refractivity contribution in [2.45, 2.75) is 19.3 Å². The van der Waals surface area contributed by atoms with Gasteiger partial charge in [0.25, 0.3) is 0 Å². The minimum Gasteiger partial charge on any atom is -0.508 e. The third-order valence-corrected chi connectivity index (χ3v) is 2.73. The van der Waals surface area contributed by atoms with Crippen LogP contribution < -0.4 is 5.73 Å². The first-order valence-corrected chi connectivity index (χ1v) is 5.26. The van der Waals surface area contributed by atoms with Crippen molar-refractivity contribution in [1.82, 2.24) is 0 Å². The maximum atomic E-state index is 10.8. The van der Waals surface area contributed by atoms with Crippen LogP contribution in [0.3, 0.4) is 0 Å². The second-order valence-corrected chi connectivity index (χ2v) is 4.00. The molecular weight excluding hydrogens is 206 g/mol. The Hall–Kier alpha value is -1.55. The Morgan fingerprint density at radius 3 is 2.38 bits per heavy atom. The molecule has 1 rings (SSSR count). The maximum Gasteiger partial charge on any atom is 0.307 e. The quantitative estimate of drug-likeness (QED) is 0.707. The molecule has 0 aliphatic carbocycles. The number of carboxylic acids is 1. The van der Waals surface area contributed by atoms with Crippen molar-refractivity contribution in [1.29, 1.82) is 0 Å². The Balaban J connectivity index is 2.67. The molecule has 0 aliphatic rings. The van der Waals surface area contributed by atoms with Crippen LogP contribution in [0.2, 0.25) is 0 Å². The second-order valence-electron chi connectivity index (χ2n) is 4.00. The van der Waals surface area contributed by atoms with Crippen LogP contribution in [0, 0.1) is 5.92 Å². The average Bonchev–Trinajstić information content (AvgIpc) is 2.26. The standard InChI is InChI=1S/C12H17NO3/c1-8(6-10(7-13)12(15)16)9-2-4-11(14)5-3-9/h2-5,8,10,14H,6-7,13H2,1H3,(H,15,16). The molecule has 0 aromatic heterocycles. The van der Waals surface area contributed by atoms with Gasteiger partial charge in [0, 0.05) is 6.54 Å². The van der Waals surface area contributed by atoms with Gasteiger partial charge >= 0.3 is 5.97 Å². The van der Waals surface area contributed by atoms with Crippen molar-refractivity contribution in [2.75, 3.05) is 6.54 Å². The molecule has 2 atom stereocenters. The summed E-state index contributed by atoms with van der Waals surface area (Å²) < 4.78 is 0. The van der Waals surface area contributed by atoms with Crippen LogP contribution in [0.1, 0.15) is 24.8 Å². The summed E-state index contributed by atoms with van der Waals surface area (Å²) in [4.78, 5) is 10.8. The van der Waals surface area contributed by atoms with Crippen molar-refractivity contribution in [3.8, 4) is 5.75 Å². The zero-order valence-electron chi connectivity index (χ0n) is 9.26. The highest BCUT2D eigenvalue weighted by Crippen LogP contribution is 2.24. The molecule has 0 bridgehead atoms. The van der Waals surface area contributed by atoms with E-state index in [9.17, 15) is 4.79 Å². The lowest BCUT2D eigenvalue weighted by Crippen LogP contribution is -2.24. The van der Waals surface area contributed by atoms with Crippen LogP contribution in [0.4, 0.5) is 0 Å². The molecule has 4 N–H and O–H groups in total. The number of hydrogen-bond acceptors (Lipinski definition) is 3. The highest BCUT2D eigenvalue weighted by Gasteiger charge is 2.19. The molecule has 0 spiro atoms. The number of carbonyl (C=O) groups is 1.